The average molecular weight is 277 g/mol. The molecule has 1 atom stereocenters. The van der Waals surface area contributed by atoms with Crippen molar-refractivity contribution in [2.75, 3.05) is 19.8 Å². The van der Waals surface area contributed by atoms with Gasteiger partial charge in [-0.05, 0) is 18.4 Å². The fraction of sp³-hybridized carbons (Fsp3) is 0.533. The monoisotopic (exact) mass is 277 g/mol. The lowest BCUT2D eigenvalue weighted by atomic mass is 9.90. The number of carbonyl (C=O) groups is 1. The van der Waals surface area contributed by atoms with Gasteiger partial charge in [-0.2, -0.15) is 0 Å². The number of ether oxygens (including phenoxy) is 2. The van der Waals surface area contributed by atoms with Crippen LogP contribution in [0.2, 0.25) is 0 Å². The van der Waals surface area contributed by atoms with Crippen molar-refractivity contribution in [1.29, 1.82) is 0 Å². The first-order chi connectivity index (χ1) is 9.71. The number of carboxylic acids is 1. The Bertz CT molecular complexity index is 470. The molecule has 1 aromatic rings. The molecule has 5 nitrogen and oxygen atoms in total. The maximum atomic E-state index is 11.9. The predicted molar refractivity (Wildman–Crippen MR) is 72.5 cm³/mol. The lowest BCUT2D eigenvalue weighted by Gasteiger charge is -2.35. The van der Waals surface area contributed by atoms with E-state index < -0.39 is 11.5 Å². The molecule has 0 radical (unpaired) electrons. The molecule has 0 spiro atoms. The Labute approximate surface area is 117 Å². The molecule has 1 aliphatic heterocycles. The van der Waals surface area contributed by atoms with E-state index in [-0.39, 0.29) is 18.8 Å². The number of carboxylic acid groups (broad SMARTS) is 1. The third kappa shape index (κ3) is 2.70. The average Bonchev–Trinajstić information content (AvgIpc) is 3.20. The number of hydrogen-bond donors (Lipinski definition) is 2. The van der Waals surface area contributed by atoms with Gasteiger partial charge in [0.1, 0.15) is 6.10 Å². The van der Waals surface area contributed by atoms with Crippen molar-refractivity contribution in [3.05, 3.63) is 35.9 Å². The molecule has 1 saturated carbocycles. The van der Waals surface area contributed by atoms with Crippen molar-refractivity contribution in [3.8, 4) is 0 Å². The van der Waals surface area contributed by atoms with Gasteiger partial charge in [-0.1, -0.05) is 30.3 Å². The van der Waals surface area contributed by atoms with Gasteiger partial charge in [0.25, 0.3) is 0 Å². The topological polar surface area (TPSA) is 67.8 Å². The number of rotatable bonds is 7. The van der Waals surface area contributed by atoms with E-state index in [1.165, 1.54) is 0 Å². The third-order valence-electron chi connectivity index (χ3n) is 3.80. The molecule has 1 aromatic carbocycles. The Morgan fingerprint density at radius 1 is 1.35 bits per heavy atom. The molecule has 2 aliphatic rings. The van der Waals surface area contributed by atoms with Crippen LogP contribution in [0.15, 0.2) is 30.3 Å². The summed E-state index contributed by atoms with van der Waals surface area (Å²) in [6.45, 7) is 1.22. The van der Waals surface area contributed by atoms with Crippen LogP contribution in [0.5, 0.6) is 0 Å². The van der Waals surface area contributed by atoms with Gasteiger partial charge in [-0.25, -0.2) is 4.79 Å². The second-order valence-corrected chi connectivity index (χ2v) is 5.47. The Hall–Kier alpha value is -1.43. The van der Waals surface area contributed by atoms with Crippen LogP contribution in [-0.2, 0) is 19.8 Å². The maximum Gasteiger partial charge on any atom is 0.331 e. The van der Waals surface area contributed by atoms with Crippen LogP contribution in [0.25, 0.3) is 0 Å². The van der Waals surface area contributed by atoms with E-state index in [0.717, 1.165) is 18.4 Å². The molecule has 20 heavy (non-hydrogen) atoms. The zero-order valence-corrected chi connectivity index (χ0v) is 11.2. The van der Waals surface area contributed by atoms with E-state index in [1.807, 2.05) is 30.3 Å². The van der Waals surface area contributed by atoms with Crippen LogP contribution in [-0.4, -0.2) is 43.0 Å². The summed E-state index contributed by atoms with van der Waals surface area (Å²) < 4.78 is 10.8. The van der Waals surface area contributed by atoms with Gasteiger partial charge in [-0.3, -0.25) is 5.32 Å². The van der Waals surface area contributed by atoms with E-state index in [1.54, 1.807) is 0 Å². The maximum absolute atomic E-state index is 11.9. The fourth-order valence-electron chi connectivity index (χ4n) is 2.31. The Morgan fingerprint density at radius 3 is 2.55 bits per heavy atom. The van der Waals surface area contributed by atoms with Gasteiger partial charge >= 0.3 is 5.97 Å². The highest BCUT2D eigenvalue weighted by atomic mass is 16.6. The first-order valence-corrected chi connectivity index (χ1v) is 6.97. The van der Waals surface area contributed by atoms with E-state index >= 15 is 0 Å². The summed E-state index contributed by atoms with van der Waals surface area (Å²) >= 11 is 0. The number of aliphatic carboxylic acids is 1. The number of hydrogen-bond acceptors (Lipinski definition) is 4. The minimum Gasteiger partial charge on any atom is -0.480 e. The van der Waals surface area contributed by atoms with Gasteiger partial charge in [0.05, 0.1) is 19.8 Å². The second-order valence-electron chi connectivity index (χ2n) is 5.47. The highest BCUT2D eigenvalue weighted by Gasteiger charge is 2.45. The Morgan fingerprint density at radius 2 is 2.05 bits per heavy atom. The highest BCUT2D eigenvalue weighted by Crippen LogP contribution is 2.30. The molecule has 3 rings (SSSR count). The summed E-state index contributed by atoms with van der Waals surface area (Å²) in [5.41, 5.74) is -0.433. The molecule has 2 fully saturated rings. The van der Waals surface area contributed by atoms with Gasteiger partial charge < -0.3 is 14.6 Å². The largest absolute Gasteiger partial charge is 0.480 e. The van der Waals surface area contributed by atoms with Crippen LogP contribution >= 0.6 is 0 Å². The fourth-order valence-corrected chi connectivity index (χ4v) is 2.31. The summed E-state index contributed by atoms with van der Waals surface area (Å²) in [4.78, 5) is 11.9. The predicted octanol–water partition coefficient (Wildman–Crippen LogP) is 1.13. The molecule has 0 amide bonds. The van der Waals surface area contributed by atoms with Crippen molar-refractivity contribution in [2.45, 2.75) is 30.5 Å². The quantitative estimate of drug-likeness (QED) is 0.782. The zero-order chi connectivity index (χ0) is 14.0. The van der Waals surface area contributed by atoms with Crippen molar-refractivity contribution in [2.24, 2.45) is 0 Å². The van der Waals surface area contributed by atoms with E-state index in [0.29, 0.717) is 13.2 Å². The first kappa shape index (κ1) is 13.5. The molecule has 0 bridgehead atoms. The van der Waals surface area contributed by atoms with Gasteiger partial charge in [0.2, 0.25) is 0 Å². The molecule has 2 N–H and O–H groups in total. The normalized spacial score (nSPS) is 22.0. The molecule has 1 heterocycles. The van der Waals surface area contributed by atoms with Gasteiger partial charge in [0, 0.05) is 6.04 Å². The number of benzene rings is 1. The second kappa shape index (κ2) is 5.52. The minimum absolute atomic E-state index is 0.0124. The summed E-state index contributed by atoms with van der Waals surface area (Å²) in [7, 11) is 0. The van der Waals surface area contributed by atoms with E-state index in [2.05, 4.69) is 5.32 Å². The summed E-state index contributed by atoms with van der Waals surface area (Å²) in [5.74, 6) is -0.893. The van der Waals surface area contributed by atoms with Gasteiger partial charge in [-0.15, -0.1) is 0 Å². The lowest BCUT2D eigenvalue weighted by molar-refractivity contribution is -0.163. The minimum atomic E-state index is -1.17. The number of nitrogens with one attached hydrogen (secondary N) is 1. The Balaban J connectivity index is 1.83. The van der Waals surface area contributed by atoms with E-state index in [4.69, 9.17) is 9.47 Å². The molecular formula is C15H19NO4. The summed E-state index contributed by atoms with van der Waals surface area (Å²) in [5, 5.41) is 13.0. The molecule has 0 aromatic heterocycles. The van der Waals surface area contributed by atoms with Crippen LogP contribution < -0.4 is 5.32 Å². The summed E-state index contributed by atoms with van der Waals surface area (Å²) in [6, 6.07) is 9.54. The third-order valence-corrected chi connectivity index (χ3v) is 3.80. The summed E-state index contributed by atoms with van der Waals surface area (Å²) in [6.07, 6.45) is 2.06. The van der Waals surface area contributed by atoms with Crippen molar-refractivity contribution in [1.82, 2.24) is 5.32 Å². The van der Waals surface area contributed by atoms with E-state index in [9.17, 15) is 9.90 Å². The van der Waals surface area contributed by atoms with Gasteiger partial charge in [0.15, 0.2) is 5.54 Å². The molecule has 1 unspecified atom stereocenters. The van der Waals surface area contributed by atoms with Crippen LogP contribution in [0.3, 0.4) is 0 Å². The molecule has 1 saturated heterocycles. The zero-order valence-electron chi connectivity index (χ0n) is 11.2. The van der Waals surface area contributed by atoms with Crippen LogP contribution in [0, 0.1) is 0 Å². The Kier molecular flexibility index (Phi) is 3.74. The highest BCUT2D eigenvalue weighted by molar-refractivity contribution is 5.81. The van der Waals surface area contributed by atoms with Crippen molar-refractivity contribution >= 4 is 5.97 Å². The molecule has 108 valence electrons. The SMILES string of the molecule is O=C(O)C(COC1COC1)(NC1CC1)c1ccccc1. The van der Waals surface area contributed by atoms with Crippen LogP contribution in [0.4, 0.5) is 0 Å². The van der Waals surface area contributed by atoms with Crippen molar-refractivity contribution < 1.29 is 19.4 Å². The first-order valence-electron chi connectivity index (χ1n) is 6.97. The van der Waals surface area contributed by atoms with Crippen LogP contribution in [0.1, 0.15) is 18.4 Å². The standard InChI is InChI=1S/C15H19NO4/c17-14(18)15(16-12-6-7-12,10-20-13-8-19-9-13)11-4-2-1-3-5-11/h1-5,12-13,16H,6-10H2,(H,17,18). The molecular weight excluding hydrogens is 258 g/mol. The van der Waals surface area contributed by atoms with Crippen molar-refractivity contribution in [3.63, 3.8) is 0 Å². The molecule has 5 heteroatoms. The lowest BCUT2D eigenvalue weighted by Crippen LogP contribution is -2.55. The molecule has 1 aliphatic carbocycles. The smallest absolute Gasteiger partial charge is 0.331 e.